The maximum absolute atomic E-state index is 11.9. The second-order valence-corrected chi connectivity index (χ2v) is 4.73. The lowest BCUT2D eigenvalue weighted by molar-refractivity contribution is -0.137. The number of nitrogens with one attached hydrogen (secondary N) is 1. The van der Waals surface area contributed by atoms with E-state index in [9.17, 15) is 9.59 Å². The Labute approximate surface area is 113 Å². The van der Waals surface area contributed by atoms with E-state index in [1.165, 1.54) is 7.11 Å². The smallest absolute Gasteiger partial charge is 0.305 e. The van der Waals surface area contributed by atoms with Crippen LogP contribution in [0, 0.1) is 0 Å². The van der Waals surface area contributed by atoms with Gasteiger partial charge < -0.3 is 15.2 Å². The van der Waals surface area contributed by atoms with Gasteiger partial charge in [-0.2, -0.15) is 0 Å². The number of benzene rings is 1. The summed E-state index contributed by atoms with van der Waals surface area (Å²) in [5.41, 5.74) is 0.373. The van der Waals surface area contributed by atoms with Crippen LogP contribution >= 0.6 is 15.9 Å². The molecular weight excluding hydrogens is 302 g/mol. The number of rotatable bonds is 5. The number of hydrogen-bond donors (Lipinski definition) is 2. The molecule has 0 fully saturated rings. The second-order valence-electron chi connectivity index (χ2n) is 3.82. The molecule has 0 spiro atoms. The van der Waals surface area contributed by atoms with Crippen molar-refractivity contribution in [3.8, 4) is 5.75 Å². The normalized spacial score (nSPS) is 11.7. The van der Waals surface area contributed by atoms with Crippen LogP contribution in [-0.4, -0.2) is 30.1 Å². The van der Waals surface area contributed by atoms with E-state index in [4.69, 9.17) is 9.84 Å². The molecule has 1 aromatic carbocycles. The number of halogens is 1. The lowest BCUT2D eigenvalue weighted by Gasteiger charge is -2.13. The molecule has 18 heavy (non-hydrogen) atoms. The Morgan fingerprint density at radius 2 is 2.17 bits per heavy atom. The maximum Gasteiger partial charge on any atom is 0.305 e. The summed E-state index contributed by atoms with van der Waals surface area (Å²) in [4.78, 5) is 22.4. The quantitative estimate of drug-likeness (QED) is 0.872. The monoisotopic (exact) mass is 315 g/mol. The number of carbonyl (C=O) groups is 2. The molecule has 0 saturated heterocycles. The number of carbonyl (C=O) groups excluding carboxylic acids is 1. The van der Waals surface area contributed by atoms with Crippen molar-refractivity contribution in [2.24, 2.45) is 0 Å². The number of carboxylic acid groups (broad SMARTS) is 1. The maximum atomic E-state index is 11.9. The molecule has 1 rings (SSSR count). The van der Waals surface area contributed by atoms with Crippen molar-refractivity contribution < 1.29 is 19.4 Å². The summed E-state index contributed by atoms with van der Waals surface area (Å²) in [6.45, 7) is 1.64. The lowest BCUT2D eigenvalue weighted by atomic mass is 10.1. The predicted octanol–water partition coefficient (Wildman–Crippen LogP) is 2.05. The lowest BCUT2D eigenvalue weighted by Crippen LogP contribution is -2.34. The van der Waals surface area contributed by atoms with Crippen LogP contribution in [0.5, 0.6) is 5.75 Å². The summed E-state index contributed by atoms with van der Waals surface area (Å²) in [7, 11) is 1.47. The van der Waals surface area contributed by atoms with Crippen LogP contribution in [0.3, 0.4) is 0 Å². The van der Waals surface area contributed by atoms with Crippen LogP contribution in [0.1, 0.15) is 23.7 Å². The van der Waals surface area contributed by atoms with Gasteiger partial charge in [0.2, 0.25) is 0 Å². The molecule has 0 aromatic heterocycles. The molecule has 0 saturated carbocycles. The second kappa shape index (κ2) is 6.39. The molecule has 0 aliphatic heterocycles. The number of carboxylic acids is 1. The van der Waals surface area contributed by atoms with Gasteiger partial charge >= 0.3 is 5.97 Å². The van der Waals surface area contributed by atoms with Gasteiger partial charge in [-0.15, -0.1) is 0 Å². The van der Waals surface area contributed by atoms with Gasteiger partial charge in [-0.3, -0.25) is 9.59 Å². The molecule has 0 aliphatic rings. The van der Waals surface area contributed by atoms with Gasteiger partial charge in [0.25, 0.3) is 5.91 Å². The van der Waals surface area contributed by atoms with Crippen LogP contribution in [0.15, 0.2) is 22.7 Å². The third-order valence-corrected chi connectivity index (χ3v) is 2.76. The first-order valence-corrected chi connectivity index (χ1v) is 6.09. The first-order chi connectivity index (χ1) is 8.43. The minimum Gasteiger partial charge on any atom is -0.496 e. The molecule has 5 nitrogen and oxygen atoms in total. The topological polar surface area (TPSA) is 75.6 Å². The van der Waals surface area contributed by atoms with Crippen LogP contribution < -0.4 is 10.1 Å². The van der Waals surface area contributed by atoms with Crippen molar-refractivity contribution in [3.05, 3.63) is 28.2 Å². The summed E-state index contributed by atoms with van der Waals surface area (Å²) in [5.74, 6) is -0.872. The molecule has 98 valence electrons. The van der Waals surface area contributed by atoms with E-state index in [-0.39, 0.29) is 12.3 Å². The fraction of sp³-hybridized carbons (Fsp3) is 0.333. The van der Waals surface area contributed by atoms with Crippen molar-refractivity contribution in [1.82, 2.24) is 5.32 Å². The zero-order chi connectivity index (χ0) is 13.7. The zero-order valence-corrected chi connectivity index (χ0v) is 11.7. The molecule has 0 heterocycles. The average molecular weight is 316 g/mol. The number of methoxy groups -OCH3 is 1. The Balaban J connectivity index is 2.81. The van der Waals surface area contributed by atoms with Crippen molar-refractivity contribution in [2.45, 2.75) is 19.4 Å². The first-order valence-electron chi connectivity index (χ1n) is 5.30. The minimum atomic E-state index is -0.953. The third kappa shape index (κ3) is 4.03. The summed E-state index contributed by atoms with van der Waals surface area (Å²) < 4.78 is 5.90. The van der Waals surface area contributed by atoms with E-state index in [1.807, 2.05) is 0 Å². The molecule has 1 unspecified atom stereocenters. The Morgan fingerprint density at radius 3 is 2.72 bits per heavy atom. The van der Waals surface area contributed by atoms with Gasteiger partial charge in [0.1, 0.15) is 5.75 Å². The van der Waals surface area contributed by atoms with Gasteiger partial charge in [-0.05, 0) is 25.1 Å². The van der Waals surface area contributed by atoms with Gasteiger partial charge in [0.15, 0.2) is 0 Å². The van der Waals surface area contributed by atoms with Crippen LogP contribution in [0.2, 0.25) is 0 Å². The SMILES string of the molecule is COc1cc(Br)ccc1C(=O)NC(C)CC(=O)O. The molecular formula is C12H14BrNO4. The van der Waals surface area contributed by atoms with Gasteiger partial charge in [0.05, 0.1) is 19.1 Å². The Hall–Kier alpha value is -1.56. The molecule has 6 heteroatoms. The highest BCUT2D eigenvalue weighted by atomic mass is 79.9. The highest BCUT2D eigenvalue weighted by Gasteiger charge is 2.16. The fourth-order valence-corrected chi connectivity index (χ4v) is 1.81. The number of aliphatic carboxylic acids is 1. The number of ether oxygens (including phenoxy) is 1. The van der Waals surface area contributed by atoms with Crippen molar-refractivity contribution in [3.63, 3.8) is 0 Å². The first kappa shape index (κ1) is 14.5. The largest absolute Gasteiger partial charge is 0.496 e. The summed E-state index contributed by atoms with van der Waals surface area (Å²) in [6, 6.07) is 4.57. The van der Waals surface area contributed by atoms with Crippen molar-refractivity contribution in [2.75, 3.05) is 7.11 Å². The van der Waals surface area contributed by atoms with Crippen LogP contribution in [-0.2, 0) is 4.79 Å². The van der Waals surface area contributed by atoms with Crippen LogP contribution in [0.25, 0.3) is 0 Å². The van der Waals surface area contributed by atoms with E-state index >= 15 is 0 Å². The van der Waals surface area contributed by atoms with Crippen LogP contribution in [0.4, 0.5) is 0 Å². The van der Waals surface area contributed by atoms with E-state index in [0.29, 0.717) is 11.3 Å². The Bertz CT molecular complexity index is 461. The summed E-state index contributed by atoms with van der Waals surface area (Å²) >= 11 is 3.28. The standard InChI is InChI=1S/C12H14BrNO4/c1-7(5-11(15)16)14-12(17)9-4-3-8(13)6-10(9)18-2/h3-4,6-7H,5H2,1-2H3,(H,14,17)(H,15,16). The Kier molecular flexibility index (Phi) is 5.15. The molecule has 0 bridgehead atoms. The van der Waals surface area contributed by atoms with E-state index in [2.05, 4.69) is 21.2 Å². The predicted molar refractivity (Wildman–Crippen MR) is 69.9 cm³/mol. The fourth-order valence-electron chi connectivity index (χ4n) is 1.47. The Morgan fingerprint density at radius 1 is 1.50 bits per heavy atom. The summed E-state index contributed by atoms with van der Waals surface area (Å²) in [6.07, 6.45) is -0.120. The molecule has 1 atom stereocenters. The molecule has 1 amide bonds. The van der Waals surface area contributed by atoms with Gasteiger partial charge in [-0.25, -0.2) is 0 Å². The van der Waals surface area contributed by atoms with E-state index < -0.39 is 12.0 Å². The highest BCUT2D eigenvalue weighted by Crippen LogP contribution is 2.23. The minimum absolute atomic E-state index is 0.120. The third-order valence-electron chi connectivity index (χ3n) is 2.27. The number of amides is 1. The van der Waals surface area contributed by atoms with E-state index in [0.717, 1.165) is 4.47 Å². The van der Waals surface area contributed by atoms with Crippen molar-refractivity contribution >= 4 is 27.8 Å². The van der Waals surface area contributed by atoms with Gasteiger partial charge in [0, 0.05) is 10.5 Å². The molecule has 2 N–H and O–H groups in total. The van der Waals surface area contributed by atoms with Gasteiger partial charge in [-0.1, -0.05) is 15.9 Å². The number of hydrogen-bond acceptors (Lipinski definition) is 3. The van der Waals surface area contributed by atoms with Crippen molar-refractivity contribution in [1.29, 1.82) is 0 Å². The molecule has 0 aliphatic carbocycles. The molecule has 1 aromatic rings. The zero-order valence-electron chi connectivity index (χ0n) is 10.1. The molecule has 0 radical (unpaired) electrons. The van der Waals surface area contributed by atoms with E-state index in [1.54, 1.807) is 25.1 Å². The summed E-state index contributed by atoms with van der Waals surface area (Å²) in [5, 5.41) is 11.2. The average Bonchev–Trinajstić information content (AvgIpc) is 2.27. The highest BCUT2D eigenvalue weighted by molar-refractivity contribution is 9.10.